The van der Waals surface area contributed by atoms with Gasteiger partial charge in [-0.2, -0.15) is 4.98 Å². The molecule has 126 valence electrons. The number of carbonyl (C=O) groups is 1. The highest BCUT2D eigenvalue weighted by atomic mass is 16.5. The number of hydrogen-bond acceptors (Lipinski definition) is 6. The lowest BCUT2D eigenvalue weighted by Gasteiger charge is -2.09. The van der Waals surface area contributed by atoms with E-state index in [4.69, 9.17) is 4.74 Å². The fraction of sp³-hybridized carbons (Fsp3) is 0.111. The molecular formula is C18H17N5O2. The van der Waals surface area contributed by atoms with Gasteiger partial charge >= 0.3 is 0 Å². The molecule has 25 heavy (non-hydrogen) atoms. The van der Waals surface area contributed by atoms with Gasteiger partial charge in [0.15, 0.2) is 5.82 Å². The molecule has 0 aliphatic heterocycles. The number of methoxy groups -OCH3 is 1. The van der Waals surface area contributed by atoms with E-state index in [9.17, 15) is 4.79 Å². The maximum Gasteiger partial charge on any atom is 0.230 e. The minimum Gasteiger partial charge on any atom is -0.496 e. The number of para-hydroxylation sites is 1. The predicted molar refractivity (Wildman–Crippen MR) is 95.8 cm³/mol. The molecule has 3 rings (SSSR count). The summed E-state index contributed by atoms with van der Waals surface area (Å²) in [6, 6.07) is 14.8. The molecule has 1 amide bonds. The number of nitrogens with one attached hydrogen (secondary N) is 2. The van der Waals surface area contributed by atoms with Crippen LogP contribution in [0.15, 0.2) is 54.9 Å². The fourth-order valence-corrected chi connectivity index (χ4v) is 2.32. The molecule has 2 aromatic carbocycles. The van der Waals surface area contributed by atoms with Crippen molar-refractivity contribution in [3.05, 3.63) is 54.9 Å². The van der Waals surface area contributed by atoms with Crippen LogP contribution in [0.4, 0.5) is 17.3 Å². The van der Waals surface area contributed by atoms with Crippen LogP contribution in [0.5, 0.6) is 5.75 Å². The van der Waals surface area contributed by atoms with Crippen LogP contribution in [0.3, 0.4) is 0 Å². The summed E-state index contributed by atoms with van der Waals surface area (Å²) >= 11 is 0. The third-order valence-corrected chi connectivity index (χ3v) is 3.36. The Balaban J connectivity index is 1.86. The lowest BCUT2D eigenvalue weighted by molar-refractivity contribution is -0.114. The van der Waals surface area contributed by atoms with Gasteiger partial charge in [-0.1, -0.05) is 18.2 Å². The molecule has 0 saturated heterocycles. The van der Waals surface area contributed by atoms with Crippen molar-refractivity contribution in [2.45, 2.75) is 6.92 Å². The highest BCUT2D eigenvalue weighted by molar-refractivity contribution is 5.89. The fourth-order valence-electron chi connectivity index (χ4n) is 2.32. The summed E-state index contributed by atoms with van der Waals surface area (Å²) in [5.74, 6) is 1.46. The van der Waals surface area contributed by atoms with Crippen LogP contribution in [0.2, 0.25) is 0 Å². The summed E-state index contributed by atoms with van der Waals surface area (Å²) in [6.07, 6.45) is 1.44. The molecule has 1 heterocycles. The average Bonchev–Trinajstić information content (AvgIpc) is 2.61. The molecule has 0 atom stereocenters. The zero-order valence-electron chi connectivity index (χ0n) is 13.9. The lowest BCUT2D eigenvalue weighted by atomic mass is 10.2. The Kier molecular flexibility index (Phi) is 4.84. The SMILES string of the molecule is COc1ccccc1-c1ncnc(Nc2cccc(NC(C)=O)c2)n1. The molecule has 2 N–H and O–H groups in total. The molecule has 0 saturated carbocycles. The summed E-state index contributed by atoms with van der Waals surface area (Å²) in [7, 11) is 1.60. The minimum absolute atomic E-state index is 0.129. The first-order chi connectivity index (χ1) is 12.2. The number of anilines is 3. The smallest absolute Gasteiger partial charge is 0.230 e. The third kappa shape index (κ3) is 4.08. The molecular weight excluding hydrogens is 318 g/mol. The number of rotatable bonds is 5. The molecule has 0 radical (unpaired) electrons. The molecule has 0 aliphatic carbocycles. The number of carbonyl (C=O) groups excluding carboxylic acids is 1. The number of benzene rings is 2. The Labute approximate surface area is 145 Å². The van der Waals surface area contributed by atoms with Gasteiger partial charge in [-0.05, 0) is 30.3 Å². The Morgan fingerprint density at radius 2 is 1.84 bits per heavy atom. The van der Waals surface area contributed by atoms with Crippen molar-refractivity contribution in [3.63, 3.8) is 0 Å². The van der Waals surface area contributed by atoms with Crippen LogP contribution in [0.25, 0.3) is 11.4 Å². The monoisotopic (exact) mass is 335 g/mol. The van der Waals surface area contributed by atoms with E-state index in [1.54, 1.807) is 19.2 Å². The summed E-state index contributed by atoms with van der Waals surface area (Å²) in [4.78, 5) is 24.0. The second kappa shape index (κ2) is 7.39. The van der Waals surface area contributed by atoms with Crippen LogP contribution >= 0.6 is 0 Å². The molecule has 3 aromatic rings. The second-order valence-corrected chi connectivity index (χ2v) is 5.22. The molecule has 7 heteroatoms. The maximum atomic E-state index is 11.2. The maximum absolute atomic E-state index is 11.2. The summed E-state index contributed by atoms with van der Waals surface area (Å²) in [6.45, 7) is 1.46. The Morgan fingerprint density at radius 3 is 2.64 bits per heavy atom. The Hall–Kier alpha value is -3.48. The Bertz CT molecular complexity index is 898. The van der Waals surface area contributed by atoms with Gasteiger partial charge in [-0.15, -0.1) is 0 Å². The van der Waals surface area contributed by atoms with Crippen molar-refractivity contribution >= 4 is 23.2 Å². The first kappa shape index (κ1) is 16.4. The van der Waals surface area contributed by atoms with Gasteiger partial charge in [0.1, 0.15) is 12.1 Å². The molecule has 0 bridgehead atoms. The van der Waals surface area contributed by atoms with Crippen molar-refractivity contribution in [1.29, 1.82) is 0 Å². The van der Waals surface area contributed by atoms with Crippen LogP contribution in [0, 0.1) is 0 Å². The Morgan fingerprint density at radius 1 is 1.04 bits per heavy atom. The highest BCUT2D eigenvalue weighted by Gasteiger charge is 2.09. The first-order valence-electron chi connectivity index (χ1n) is 7.63. The number of nitrogens with zero attached hydrogens (tertiary/aromatic N) is 3. The molecule has 0 fully saturated rings. The van der Waals surface area contributed by atoms with Gasteiger partial charge in [0.05, 0.1) is 12.7 Å². The average molecular weight is 335 g/mol. The van der Waals surface area contributed by atoms with Crippen molar-refractivity contribution in [1.82, 2.24) is 15.0 Å². The van der Waals surface area contributed by atoms with Crippen LogP contribution in [-0.4, -0.2) is 28.0 Å². The molecule has 1 aromatic heterocycles. The van der Waals surface area contributed by atoms with E-state index >= 15 is 0 Å². The van der Waals surface area contributed by atoms with Gasteiger partial charge in [-0.3, -0.25) is 4.79 Å². The van der Waals surface area contributed by atoms with Crippen molar-refractivity contribution in [2.24, 2.45) is 0 Å². The van der Waals surface area contributed by atoms with Gasteiger partial charge in [0, 0.05) is 18.3 Å². The number of aromatic nitrogens is 3. The zero-order chi connectivity index (χ0) is 17.6. The lowest BCUT2D eigenvalue weighted by Crippen LogP contribution is -2.06. The number of amides is 1. The zero-order valence-corrected chi connectivity index (χ0v) is 13.9. The summed E-state index contributed by atoms with van der Waals surface area (Å²) in [5.41, 5.74) is 2.22. The largest absolute Gasteiger partial charge is 0.496 e. The van der Waals surface area contributed by atoms with E-state index in [1.165, 1.54) is 13.3 Å². The minimum atomic E-state index is -0.129. The van der Waals surface area contributed by atoms with Gasteiger partial charge < -0.3 is 15.4 Å². The van der Waals surface area contributed by atoms with E-state index in [2.05, 4.69) is 25.6 Å². The van der Waals surface area contributed by atoms with E-state index in [1.807, 2.05) is 36.4 Å². The van der Waals surface area contributed by atoms with Crippen molar-refractivity contribution < 1.29 is 9.53 Å². The van der Waals surface area contributed by atoms with E-state index in [0.29, 0.717) is 23.2 Å². The number of ether oxygens (including phenoxy) is 1. The van der Waals surface area contributed by atoms with Crippen molar-refractivity contribution in [2.75, 3.05) is 17.7 Å². The topological polar surface area (TPSA) is 89.0 Å². The quantitative estimate of drug-likeness (QED) is 0.744. The molecule has 0 aliphatic rings. The van der Waals surface area contributed by atoms with Crippen LogP contribution in [0.1, 0.15) is 6.92 Å². The van der Waals surface area contributed by atoms with Crippen molar-refractivity contribution in [3.8, 4) is 17.1 Å². The first-order valence-corrected chi connectivity index (χ1v) is 7.63. The van der Waals surface area contributed by atoms with E-state index in [-0.39, 0.29) is 5.91 Å². The standard InChI is InChI=1S/C18H17N5O2/c1-12(24)21-13-6-5-7-14(10-13)22-18-20-11-19-17(23-18)15-8-3-4-9-16(15)25-2/h3-11H,1-2H3,(H,21,24)(H,19,20,22,23). The van der Waals surface area contributed by atoms with Gasteiger partial charge in [0.25, 0.3) is 0 Å². The normalized spacial score (nSPS) is 10.2. The third-order valence-electron chi connectivity index (χ3n) is 3.36. The summed E-state index contributed by atoms with van der Waals surface area (Å²) in [5, 5.41) is 5.85. The molecule has 0 unspecified atom stereocenters. The number of hydrogen-bond donors (Lipinski definition) is 2. The predicted octanol–water partition coefficient (Wildman–Crippen LogP) is 3.25. The highest BCUT2D eigenvalue weighted by Crippen LogP contribution is 2.27. The summed E-state index contributed by atoms with van der Waals surface area (Å²) < 4.78 is 5.35. The van der Waals surface area contributed by atoms with E-state index < -0.39 is 0 Å². The second-order valence-electron chi connectivity index (χ2n) is 5.22. The molecule has 0 spiro atoms. The van der Waals surface area contributed by atoms with E-state index in [0.717, 1.165) is 11.3 Å². The van der Waals surface area contributed by atoms with Crippen LogP contribution in [-0.2, 0) is 4.79 Å². The van der Waals surface area contributed by atoms with Gasteiger partial charge in [0.2, 0.25) is 11.9 Å². The van der Waals surface area contributed by atoms with Crippen LogP contribution < -0.4 is 15.4 Å². The van der Waals surface area contributed by atoms with Gasteiger partial charge in [-0.25, -0.2) is 9.97 Å². The molecule has 7 nitrogen and oxygen atoms in total.